The van der Waals surface area contributed by atoms with Crippen molar-refractivity contribution in [2.75, 3.05) is 11.9 Å². The molecule has 0 spiro atoms. The summed E-state index contributed by atoms with van der Waals surface area (Å²) in [6.07, 6.45) is 2.03. The van der Waals surface area contributed by atoms with Crippen LogP contribution in [0, 0.1) is 19.8 Å². The van der Waals surface area contributed by atoms with Gasteiger partial charge >= 0.3 is 0 Å². The maximum Gasteiger partial charge on any atom is 0.232 e. The van der Waals surface area contributed by atoms with Crippen LogP contribution in [-0.2, 0) is 16.6 Å². The van der Waals surface area contributed by atoms with Crippen LogP contribution in [0.5, 0.6) is 0 Å². The number of nitrogens with zero attached hydrogens (tertiary/aromatic N) is 3. The molecule has 0 aliphatic carbocycles. The molecular formula is C20H26N4O2. The normalized spacial score (nSPS) is 17.2. The standard InChI is InChI=1S/C20H26N4O2/c1-12(2)24-11-16(9-18(24)25)19(26)22-20-21-10-17(23(20)5)15-7-6-13(3)14(4)8-15/h6-8,10,12,16H,9,11H2,1-5H3,(H,21,22,26)/t16-/m0/s1. The van der Waals surface area contributed by atoms with Gasteiger partial charge in [-0.2, -0.15) is 0 Å². The Bertz CT molecular complexity index is 853. The van der Waals surface area contributed by atoms with E-state index in [1.54, 1.807) is 11.1 Å². The lowest BCUT2D eigenvalue weighted by atomic mass is 10.0. The van der Waals surface area contributed by atoms with Crippen molar-refractivity contribution < 1.29 is 9.59 Å². The molecule has 0 unspecified atom stereocenters. The number of likely N-dealkylation sites (tertiary alicyclic amines) is 1. The van der Waals surface area contributed by atoms with Crippen molar-refractivity contribution in [3.63, 3.8) is 0 Å². The van der Waals surface area contributed by atoms with Crippen LogP contribution in [0.15, 0.2) is 24.4 Å². The first kappa shape index (κ1) is 18.2. The Hall–Kier alpha value is -2.63. The van der Waals surface area contributed by atoms with Gasteiger partial charge in [-0.05, 0) is 44.9 Å². The van der Waals surface area contributed by atoms with E-state index in [1.165, 1.54) is 11.1 Å². The molecule has 138 valence electrons. The number of aromatic nitrogens is 2. The van der Waals surface area contributed by atoms with Gasteiger partial charge in [-0.25, -0.2) is 4.98 Å². The van der Waals surface area contributed by atoms with Gasteiger partial charge in [0.05, 0.1) is 17.8 Å². The molecule has 1 aromatic heterocycles. The highest BCUT2D eigenvalue weighted by Gasteiger charge is 2.35. The van der Waals surface area contributed by atoms with E-state index in [0.29, 0.717) is 12.5 Å². The zero-order valence-corrected chi connectivity index (χ0v) is 16.0. The summed E-state index contributed by atoms with van der Waals surface area (Å²) < 4.78 is 1.87. The number of hydrogen-bond donors (Lipinski definition) is 1. The SMILES string of the molecule is Cc1ccc(-c2cnc(NC(=O)[C@H]3CC(=O)N(C(C)C)C3)n2C)cc1C. The molecule has 0 bridgehead atoms. The molecule has 6 heteroatoms. The van der Waals surface area contributed by atoms with Gasteiger partial charge in [-0.1, -0.05) is 12.1 Å². The topological polar surface area (TPSA) is 67.2 Å². The van der Waals surface area contributed by atoms with Gasteiger partial charge in [0.25, 0.3) is 0 Å². The van der Waals surface area contributed by atoms with E-state index in [0.717, 1.165) is 11.3 Å². The van der Waals surface area contributed by atoms with Crippen LogP contribution in [0.3, 0.4) is 0 Å². The fourth-order valence-electron chi connectivity index (χ4n) is 3.31. The summed E-state index contributed by atoms with van der Waals surface area (Å²) in [7, 11) is 1.88. The van der Waals surface area contributed by atoms with E-state index in [4.69, 9.17) is 0 Å². The molecule has 1 N–H and O–H groups in total. The molecule has 0 saturated carbocycles. The first-order chi connectivity index (χ1) is 12.3. The Morgan fingerprint density at radius 2 is 2.00 bits per heavy atom. The molecule has 0 radical (unpaired) electrons. The quantitative estimate of drug-likeness (QED) is 0.918. The first-order valence-electron chi connectivity index (χ1n) is 8.97. The number of hydrogen-bond acceptors (Lipinski definition) is 3. The van der Waals surface area contributed by atoms with Crippen LogP contribution in [0.1, 0.15) is 31.4 Å². The number of nitrogens with one attached hydrogen (secondary N) is 1. The lowest BCUT2D eigenvalue weighted by Crippen LogP contribution is -2.33. The Morgan fingerprint density at radius 1 is 1.27 bits per heavy atom. The van der Waals surface area contributed by atoms with Crippen LogP contribution in [-0.4, -0.2) is 38.9 Å². The van der Waals surface area contributed by atoms with Gasteiger partial charge in [0.2, 0.25) is 17.8 Å². The summed E-state index contributed by atoms with van der Waals surface area (Å²) in [5, 5.41) is 2.88. The van der Waals surface area contributed by atoms with Crippen LogP contribution < -0.4 is 5.32 Å². The largest absolute Gasteiger partial charge is 0.339 e. The summed E-state index contributed by atoms with van der Waals surface area (Å²) in [5.41, 5.74) is 4.46. The van der Waals surface area contributed by atoms with Crippen molar-refractivity contribution in [1.82, 2.24) is 14.5 Å². The maximum absolute atomic E-state index is 12.6. The van der Waals surface area contributed by atoms with Crippen LogP contribution in [0.2, 0.25) is 0 Å². The second kappa shape index (κ2) is 6.94. The number of carbonyl (C=O) groups is 2. The van der Waals surface area contributed by atoms with E-state index in [-0.39, 0.29) is 30.2 Å². The minimum atomic E-state index is -0.327. The van der Waals surface area contributed by atoms with Crippen molar-refractivity contribution in [3.8, 4) is 11.3 Å². The minimum Gasteiger partial charge on any atom is -0.339 e. The molecule has 2 aromatic rings. The average molecular weight is 354 g/mol. The highest BCUT2D eigenvalue weighted by Crippen LogP contribution is 2.26. The van der Waals surface area contributed by atoms with Gasteiger partial charge < -0.3 is 9.47 Å². The number of imidazole rings is 1. The minimum absolute atomic E-state index is 0.0378. The lowest BCUT2D eigenvalue weighted by Gasteiger charge is -2.20. The van der Waals surface area contributed by atoms with E-state index in [9.17, 15) is 9.59 Å². The van der Waals surface area contributed by atoms with Gasteiger partial charge in [-0.3, -0.25) is 14.9 Å². The van der Waals surface area contributed by atoms with Crippen molar-refractivity contribution in [1.29, 1.82) is 0 Å². The van der Waals surface area contributed by atoms with E-state index >= 15 is 0 Å². The van der Waals surface area contributed by atoms with E-state index in [2.05, 4.69) is 42.3 Å². The van der Waals surface area contributed by atoms with Crippen molar-refractivity contribution in [2.24, 2.45) is 13.0 Å². The predicted molar refractivity (Wildman–Crippen MR) is 102 cm³/mol. The number of rotatable bonds is 4. The van der Waals surface area contributed by atoms with Crippen LogP contribution in [0.4, 0.5) is 5.95 Å². The maximum atomic E-state index is 12.6. The molecule has 1 aliphatic rings. The average Bonchev–Trinajstić information content (AvgIpc) is 3.14. The fraction of sp³-hybridized carbons (Fsp3) is 0.450. The number of amides is 2. The number of carbonyl (C=O) groups excluding carboxylic acids is 2. The van der Waals surface area contributed by atoms with Crippen LogP contribution >= 0.6 is 0 Å². The predicted octanol–water partition coefficient (Wildman–Crippen LogP) is 2.90. The smallest absolute Gasteiger partial charge is 0.232 e. The third-order valence-electron chi connectivity index (χ3n) is 5.18. The Labute approximate surface area is 154 Å². The molecule has 3 rings (SSSR count). The first-order valence-corrected chi connectivity index (χ1v) is 8.97. The van der Waals surface area contributed by atoms with Gasteiger partial charge in [-0.15, -0.1) is 0 Å². The highest BCUT2D eigenvalue weighted by molar-refractivity contribution is 5.96. The molecule has 1 aliphatic heterocycles. The summed E-state index contributed by atoms with van der Waals surface area (Å²) in [5.74, 6) is 0.0583. The van der Waals surface area contributed by atoms with Gasteiger partial charge in [0.15, 0.2) is 0 Å². The molecule has 1 aromatic carbocycles. The number of aryl methyl sites for hydroxylation is 2. The van der Waals surface area contributed by atoms with E-state index in [1.807, 2.05) is 25.5 Å². The molecular weight excluding hydrogens is 328 g/mol. The molecule has 26 heavy (non-hydrogen) atoms. The number of anilines is 1. The summed E-state index contributed by atoms with van der Waals surface area (Å²) in [6, 6.07) is 6.38. The summed E-state index contributed by atoms with van der Waals surface area (Å²) in [4.78, 5) is 30.7. The van der Waals surface area contributed by atoms with Crippen molar-refractivity contribution >= 4 is 17.8 Å². The van der Waals surface area contributed by atoms with E-state index < -0.39 is 0 Å². The monoisotopic (exact) mass is 354 g/mol. The fourth-order valence-corrected chi connectivity index (χ4v) is 3.31. The molecule has 1 fully saturated rings. The molecule has 1 saturated heterocycles. The van der Waals surface area contributed by atoms with Gasteiger partial charge in [0.1, 0.15) is 0 Å². The summed E-state index contributed by atoms with van der Waals surface area (Å²) >= 11 is 0. The lowest BCUT2D eigenvalue weighted by molar-refractivity contribution is -0.129. The zero-order chi connectivity index (χ0) is 19.0. The Kier molecular flexibility index (Phi) is 4.85. The third-order valence-corrected chi connectivity index (χ3v) is 5.18. The molecule has 2 heterocycles. The highest BCUT2D eigenvalue weighted by atomic mass is 16.2. The number of benzene rings is 1. The molecule has 6 nitrogen and oxygen atoms in total. The van der Waals surface area contributed by atoms with Crippen molar-refractivity contribution in [3.05, 3.63) is 35.5 Å². The Morgan fingerprint density at radius 3 is 2.62 bits per heavy atom. The molecule has 2 amide bonds. The van der Waals surface area contributed by atoms with Crippen LogP contribution in [0.25, 0.3) is 11.3 Å². The zero-order valence-electron chi connectivity index (χ0n) is 16.0. The second-order valence-corrected chi connectivity index (χ2v) is 7.36. The summed E-state index contributed by atoms with van der Waals surface area (Å²) in [6.45, 7) is 8.56. The van der Waals surface area contributed by atoms with Gasteiger partial charge in [0, 0.05) is 31.6 Å². The van der Waals surface area contributed by atoms with Crippen molar-refractivity contribution in [2.45, 2.75) is 40.2 Å². The molecule has 1 atom stereocenters. The third kappa shape index (κ3) is 3.36. The Balaban J connectivity index is 1.75. The second-order valence-electron chi connectivity index (χ2n) is 7.36.